The van der Waals surface area contributed by atoms with Crippen LogP contribution in [0.15, 0.2) is 18.2 Å². The number of benzene rings is 1. The maximum absolute atomic E-state index is 9.17. The summed E-state index contributed by atoms with van der Waals surface area (Å²) in [5, 5.41) is 9.17. The van der Waals surface area contributed by atoms with Crippen molar-refractivity contribution < 1.29 is 19.3 Å². The van der Waals surface area contributed by atoms with Gasteiger partial charge >= 0.3 is 0 Å². The Morgan fingerprint density at radius 1 is 1.44 bits per heavy atom. The molecule has 1 saturated heterocycles. The Balaban J connectivity index is 2.12. The standard InChI is InChI=1S/C14H20O4/c1-14(2)17-9-12(18-14)7-11-6-10(8-15)4-5-13(11)16-3/h4-6,12,15H,7-9H2,1-3H3. The number of aliphatic hydroxyl groups is 1. The number of aliphatic hydroxyl groups excluding tert-OH is 1. The van der Waals surface area contributed by atoms with Gasteiger partial charge in [-0.25, -0.2) is 0 Å². The highest BCUT2D eigenvalue weighted by Crippen LogP contribution is 2.28. The summed E-state index contributed by atoms with van der Waals surface area (Å²) in [6, 6.07) is 5.69. The Labute approximate surface area is 107 Å². The third-order valence-corrected chi connectivity index (χ3v) is 3.04. The lowest BCUT2D eigenvalue weighted by molar-refractivity contribution is -0.138. The maximum Gasteiger partial charge on any atom is 0.163 e. The van der Waals surface area contributed by atoms with E-state index in [0.29, 0.717) is 6.61 Å². The topological polar surface area (TPSA) is 47.9 Å². The highest BCUT2D eigenvalue weighted by molar-refractivity contribution is 5.37. The molecule has 0 amide bonds. The third-order valence-electron chi connectivity index (χ3n) is 3.04. The van der Waals surface area contributed by atoms with E-state index >= 15 is 0 Å². The van der Waals surface area contributed by atoms with Gasteiger partial charge in [0.2, 0.25) is 0 Å². The summed E-state index contributed by atoms with van der Waals surface area (Å²) in [4.78, 5) is 0. The van der Waals surface area contributed by atoms with Crippen molar-refractivity contribution in [2.45, 2.75) is 38.8 Å². The Bertz CT molecular complexity index is 414. The van der Waals surface area contributed by atoms with Gasteiger partial charge in [0, 0.05) is 6.42 Å². The minimum absolute atomic E-state index is 0.0304. The largest absolute Gasteiger partial charge is 0.496 e. The molecule has 1 unspecified atom stereocenters. The molecule has 0 spiro atoms. The summed E-state index contributed by atoms with van der Waals surface area (Å²) in [6.07, 6.45) is 0.753. The monoisotopic (exact) mass is 252 g/mol. The zero-order chi connectivity index (χ0) is 13.2. The first-order chi connectivity index (χ1) is 8.54. The van der Waals surface area contributed by atoms with Crippen LogP contribution in [0.1, 0.15) is 25.0 Å². The molecule has 100 valence electrons. The van der Waals surface area contributed by atoms with Crippen molar-refractivity contribution in [3.63, 3.8) is 0 Å². The molecule has 1 aliphatic heterocycles. The normalized spacial score (nSPS) is 22.1. The van der Waals surface area contributed by atoms with Crippen LogP contribution < -0.4 is 4.74 Å². The Kier molecular flexibility index (Phi) is 3.90. The van der Waals surface area contributed by atoms with Crippen LogP contribution in [0.5, 0.6) is 5.75 Å². The number of methoxy groups -OCH3 is 1. The van der Waals surface area contributed by atoms with Crippen LogP contribution in [0.3, 0.4) is 0 Å². The quantitative estimate of drug-likeness (QED) is 0.889. The van der Waals surface area contributed by atoms with Crippen LogP contribution >= 0.6 is 0 Å². The van der Waals surface area contributed by atoms with Crippen molar-refractivity contribution in [1.82, 2.24) is 0 Å². The second kappa shape index (κ2) is 5.26. The van der Waals surface area contributed by atoms with E-state index in [9.17, 15) is 5.11 Å². The predicted octanol–water partition coefficient (Wildman–Crippen LogP) is 1.88. The summed E-state index contributed by atoms with van der Waals surface area (Å²) in [5.74, 6) is 0.312. The zero-order valence-corrected chi connectivity index (χ0v) is 11.1. The summed E-state index contributed by atoms with van der Waals surface area (Å²) >= 11 is 0. The molecule has 0 aromatic heterocycles. The third kappa shape index (κ3) is 3.02. The lowest BCUT2D eigenvalue weighted by Crippen LogP contribution is -2.22. The van der Waals surface area contributed by atoms with E-state index in [-0.39, 0.29) is 12.7 Å². The van der Waals surface area contributed by atoms with Crippen LogP contribution in [0, 0.1) is 0 Å². The molecule has 1 atom stereocenters. The number of ether oxygens (including phenoxy) is 3. The van der Waals surface area contributed by atoms with Gasteiger partial charge in [-0.15, -0.1) is 0 Å². The van der Waals surface area contributed by atoms with E-state index in [1.54, 1.807) is 7.11 Å². The van der Waals surface area contributed by atoms with E-state index < -0.39 is 5.79 Å². The van der Waals surface area contributed by atoms with Crippen LogP contribution in [0.4, 0.5) is 0 Å². The molecule has 2 rings (SSSR count). The fraction of sp³-hybridized carbons (Fsp3) is 0.571. The fourth-order valence-corrected chi connectivity index (χ4v) is 2.20. The summed E-state index contributed by atoms with van der Waals surface area (Å²) in [7, 11) is 1.65. The van der Waals surface area contributed by atoms with Gasteiger partial charge in [-0.2, -0.15) is 0 Å². The molecule has 1 fully saturated rings. The molecular formula is C14H20O4. The molecule has 4 heteroatoms. The van der Waals surface area contributed by atoms with E-state index in [0.717, 1.165) is 23.3 Å². The highest BCUT2D eigenvalue weighted by atomic mass is 16.7. The van der Waals surface area contributed by atoms with E-state index in [2.05, 4.69) is 0 Å². The van der Waals surface area contributed by atoms with Gasteiger partial charge in [-0.1, -0.05) is 6.07 Å². The second-order valence-electron chi connectivity index (χ2n) is 4.96. The van der Waals surface area contributed by atoms with Gasteiger partial charge in [-0.05, 0) is 37.1 Å². The Morgan fingerprint density at radius 2 is 2.22 bits per heavy atom. The first kappa shape index (κ1) is 13.3. The second-order valence-corrected chi connectivity index (χ2v) is 4.96. The molecule has 0 saturated carbocycles. The van der Waals surface area contributed by atoms with Gasteiger partial charge in [0.05, 0.1) is 26.4 Å². The van der Waals surface area contributed by atoms with E-state index in [1.807, 2.05) is 32.0 Å². The molecule has 0 bridgehead atoms. The Hall–Kier alpha value is -1.10. The van der Waals surface area contributed by atoms with Crippen LogP contribution in [0.2, 0.25) is 0 Å². The van der Waals surface area contributed by atoms with Crippen molar-refractivity contribution in [3.8, 4) is 5.75 Å². The fourth-order valence-electron chi connectivity index (χ4n) is 2.20. The molecule has 1 N–H and O–H groups in total. The van der Waals surface area contributed by atoms with Crippen LogP contribution in [-0.2, 0) is 22.5 Å². The van der Waals surface area contributed by atoms with Crippen molar-refractivity contribution >= 4 is 0 Å². The van der Waals surface area contributed by atoms with Crippen molar-refractivity contribution in [1.29, 1.82) is 0 Å². The molecule has 1 heterocycles. The summed E-state index contributed by atoms with van der Waals surface area (Å²) in [5.41, 5.74) is 1.92. The lowest BCUT2D eigenvalue weighted by Gasteiger charge is -2.18. The molecular weight excluding hydrogens is 232 g/mol. The Morgan fingerprint density at radius 3 is 2.78 bits per heavy atom. The smallest absolute Gasteiger partial charge is 0.163 e. The van der Waals surface area contributed by atoms with Gasteiger partial charge in [0.15, 0.2) is 5.79 Å². The first-order valence-electron chi connectivity index (χ1n) is 6.12. The average molecular weight is 252 g/mol. The molecule has 1 aromatic rings. The SMILES string of the molecule is COc1ccc(CO)cc1CC1COC(C)(C)O1. The molecule has 4 nitrogen and oxygen atoms in total. The van der Waals surface area contributed by atoms with E-state index in [1.165, 1.54) is 0 Å². The molecule has 0 aliphatic carbocycles. The van der Waals surface area contributed by atoms with Gasteiger partial charge in [0.1, 0.15) is 5.75 Å². The zero-order valence-electron chi connectivity index (χ0n) is 11.1. The van der Waals surface area contributed by atoms with Crippen LogP contribution in [-0.4, -0.2) is 30.7 Å². The number of hydrogen-bond acceptors (Lipinski definition) is 4. The summed E-state index contributed by atoms with van der Waals surface area (Å²) < 4.78 is 16.7. The van der Waals surface area contributed by atoms with Crippen molar-refractivity contribution in [2.24, 2.45) is 0 Å². The van der Waals surface area contributed by atoms with Gasteiger partial charge in [-0.3, -0.25) is 0 Å². The van der Waals surface area contributed by atoms with Crippen LogP contribution in [0.25, 0.3) is 0 Å². The van der Waals surface area contributed by atoms with E-state index in [4.69, 9.17) is 14.2 Å². The molecule has 0 radical (unpaired) electrons. The maximum atomic E-state index is 9.17. The van der Waals surface area contributed by atoms with Crippen molar-refractivity contribution in [3.05, 3.63) is 29.3 Å². The molecule has 1 aliphatic rings. The average Bonchev–Trinajstić information content (AvgIpc) is 2.68. The minimum atomic E-state index is -0.507. The van der Waals surface area contributed by atoms with Gasteiger partial charge in [0.25, 0.3) is 0 Å². The minimum Gasteiger partial charge on any atom is -0.496 e. The number of rotatable bonds is 4. The number of hydrogen-bond donors (Lipinski definition) is 1. The first-order valence-corrected chi connectivity index (χ1v) is 6.12. The van der Waals surface area contributed by atoms with Gasteiger partial charge < -0.3 is 19.3 Å². The van der Waals surface area contributed by atoms with Crippen molar-refractivity contribution in [2.75, 3.05) is 13.7 Å². The summed E-state index contributed by atoms with van der Waals surface area (Å²) in [6.45, 7) is 4.44. The molecule has 18 heavy (non-hydrogen) atoms. The lowest BCUT2D eigenvalue weighted by atomic mass is 10.0. The highest BCUT2D eigenvalue weighted by Gasteiger charge is 2.33. The predicted molar refractivity (Wildman–Crippen MR) is 67.5 cm³/mol. The molecule has 1 aromatic carbocycles.